The van der Waals surface area contributed by atoms with E-state index in [1.807, 2.05) is 6.92 Å². The molecule has 3 atom stereocenters. The maximum Gasteiger partial charge on any atom is 0.328 e. The van der Waals surface area contributed by atoms with Crippen LogP contribution in [0.25, 0.3) is 10.6 Å². The zero-order valence-corrected chi connectivity index (χ0v) is 17.9. The predicted octanol–water partition coefficient (Wildman–Crippen LogP) is 1.54. The topological polar surface area (TPSA) is 114 Å². The summed E-state index contributed by atoms with van der Waals surface area (Å²) in [5.41, 5.74) is -0.263. The number of aryl methyl sites for hydroxylation is 1. The van der Waals surface area contributed by atoms with Crippen molar-refractivity contribution in [3.8, 4) is 10.6 Å². The van der Waals surface area contributed by atoms with Gasteiger partial charge in [-0.2, -0.15) is 0 Å². The first-order valence-corrected chi connectivity index (χ1v) is 10.7. The number of carbonyl (C=O) groups is 3. The van der Waals surface area contributed by atoms with E-state index in [9.17, 15) is 14.4 Å². The van der Waals surface area contributed by atoms with Crippen LogP contribution in [0.4, 0.5) is 14.9 Å². The third-order valence-electron chi connectivity index (χ3n) is 6.12. The van der Waals surface area contributed by atoms with Gasteiger partial charge in [-0.1, -0.05) is 11.3 Å². The van der Waals surface area contributed by atoms with Gasteiger partial charge in [0.15, 0.2) is 5.41 Å². The van der Waals surface area contributed by atoms with Crippen LogP contribution >= 0.6 is 11.3 Å². The number of imide groups is 2. The van der Waals surface area contributed by atoms with Crippen molar-refractivity contribution in [1.29, 1.82) is 0 Å². The second-order valence-electron chi connectivity index (χ2n) is 8.23. The second kappa shape index (κ2) is 6.79. The van der Waals surface area contributed by atoms with Crippen LogP contribution in [0, 0.1) is 18.2 Å². The third-order valence-corrected chi connectivity index (χ3v) is 7.01. The number of benzene rings is 1. The van der Waals surface area contributed by atoms with Gasteiger partial charge < -0.3 is 9.64 Å². The van der Waals surface area contributed by atoms with E-state index in [1.54, 1.807) is 24.8 Å². The molecule has 0 saturated carbocycles. The number of nitrogens with one attached hydrogen (secondary N) is 2. The number of amides is 4. The van der Waals surface area contributed by atoms with Gasteiger partial charge in [-0.05, 0) is 38.5 Å². The van der Waals surface area contributed by atoms with Crippen molar-refractivity contribution < 1.29 is 23.5 Å². The number of urea groups is 1. The average molecular weight is 445 g/mol. The van der Waals surface area contributed by atoms with Crippen LogP contribution in [0.3, 0.4) is 0 Å². The Morgan fingerprint density at radius 1 is 1.19 bits per heavy atom. The van der Waals surface area contributed by atoms with Crippen LogP contribution in [0.15, 0.2) is 12.1 Å². The third kappa shape index (κ3) is 2.87. The first-order valence-electron chi connectivity index (χ1n) is 9.92. The number of nitrogens with zero attached hydrogens (tertiary/aromatic N) is 3. The van der Waals surface area contributed by atoms with E-state index >= 15 is 4.39 Å². The molecule has 0 radical (unpaired) electrons. The number of aromatic nitrogens is 2. The number of hydrogen-bond donors (Lipinski definition) is 2. The van der Waals surface area contributed by atoms with Gasteiger partial charge >= 0.3 is 6.03 Å². The van der Waals surface area contributed by atoms with Gasteiger partial charge in [-0.15, -0.1) is 10.2 Å². The molecule has 2 N–H and O–H groups in total. The summed E-state index contributed by atoms with van der Waals surface area (Å²) in [4.78, 5) is 39.8. The maximum absolute atomic E-state index is 15.5. The minimum absolute atomic E-state index is 0.0704. The molecule has 3 aliphatic heterocycles. The lowest BCUT2D eigenvalue weighted by Crippen LogP contribution is -2.75. The molecule has 2 saturated heterocycles. The fraction of sp³-hybridized carbons (Fsp3) is 0.450. The summed E-state index contributed by atoms with van der Waals surface area (Å²) < 4.78 is 21.4. The molecule has 1 unspecified atom stereocenters. The van der Waals surface area contributed by atoms with Crippen LogP contribution in [0.5, 0.6) is 0 Å². The number of hydrogen-bond acceptors (Lipinski definition) is 8. The van der Waals surface area contributed by atoms with Gasteiger partial charge in [0.1, 0.15) is 15.8 Å². The number of halogens is 1. The molecule has 0 bridgehead atoms. The normalized spacial score (nSPS) is 26.9. The smallest absolute Gasteiger partial charge is 0.328 e. The van der Waals surface area contributed by atoms with Gasteiger partial charge in [-0.25, -0.2) is 9.18 Å². The van der Waals surface area contributed by atoms with Gasteiger partial charge in [0.2, 0.25) is 11.8 Å². The van der Waals surface area contributed by atoms with Crippen molar-refractivity contribution in [3.05, 3.63) is 28.5 Å². The van der Waals surface area contributed by atoms with E-state index in [0.29, 0.717) is 28.4 Å². The summed E-state index contributed by atoms with van der Waals surface area (Å²) in [5.74, 6) is -1.87. The molecule has 4 amide bonds. The summed E-state index contributed by atoms with van der Waals surface area (Å²) in [6, 6.07) is 1.52. The number of anilines is 1. The van der Waals surface area contributed by atoms with E-state index in [2.05, 4.69) is 20.8 Å². The molecular weight excluding hydrogens is 425 g/mol. The maximum atomic E-state index is 15.5. The number of carbonyl (C=O) groups excluding carboxylic acids is 3. The highest BCUT2D eigenvalue weighted by Gasteiger charge is 2.63. The van der Waals surface area contributed by atoms with Crippen LogP contribution in [0.1, 0.15) is 24.4 Å². The number of fused-ring (bicyclic) bond motifs is 4. The van der Waals surface area contributed by atoms with Gasteiger partial charge in [0.25, 0.3) is 0 Å². The Kier molecular flexibility index (Phi) is 4.38. The second-order valence-corrected chi connectivity index (χ2v) is 9.41. The monoisotopic (exact) mass is 445 g/mol. The predicted molar refractivity (Wildman–Crippen MR) is 109 cm³/mol. The molecule has 2 fully saturated rings. The lowest BCUT2D eigenvalue weighted by Gasteiger charge is -2.55. The van der Waals surface area contributed by atoms with Crippen molar-refractivity contribution in [2.24, 2.45) is 5.41 Å². The molecule has 1 aromatic heterocycles. The number of rotatable bonds is 1. The Morgan fingerprint density at radius 3 is 2.55 bits per heavy atom. The van der Waals surface area contributed by atoms with E-state index in [1.165, 1.54) is 17.4 Å². The molecule has 0 aliphatic carbocycles. The number of morpholine rings is 1. The lowest BCUT2D eigenvalue weighted by atomic mass is 9.66. The SMILES string of the molecule is Cc1nnc(-c2cc(F)c3c(c2)CC2(C(=O)NC(=O)NC2=O)C2[C@@H](C)O[C@@H](C)CN32)s1. The molecule has 2 aromatic rings. The minimum Gasteiger partial charge on any atom is -0.372 e. The molecule has 9 nitrogen and oxygen atoms in total. The van der Waals surface area contributed by atoms with E-state index < -0.39 is 41.2 Å². The highest BCUT2D eigenvalue weighted by Crippen LogP contribution is 2.48. The fourth-order valence-electron chi connectivity index (χ4n) is 5.07. The molecule has 1 spiro atoms. The standard InChI is InChI=1S/C20H20FN5O4S/c1-8-7-26-14-12(4-11(5-13(14)21)16-25-24-10(3)31-16)6-20(15(26)9(2)30-8)17(27)22-19(29)23-18(20)28/h4-5,8-9,15H,6-7H2,1-3H3,(H2,22,23,27,28,29)/t8-,9+,15?/m0/s1. The molecule has 11 heteroatoms. The van der Waals surface area contributed by atoms with Crippen molar-refractivity contribution in [3.63, 3.8) is 0 Å². The van der Waals surface area contributed by atoms with Crippen LogP contribution in [0.2, 0.25) is 0 Å². The largest absolute Gasteiger partial charge is 0.372 e. The Bertz CT molecular complexity index is 1110. The fourth-order valence-corrected chi connectivity index (χ4v) is 5.75. The molecule has 31 heavy (non-hydrogen) atoms. The van der Waals surface area contributed by atoms with E-state index in [-0.39, 0.29) is 12.5 Å². The van der Waals surface area contributed by atoms with Crippen LogP contribution in [-0.4, -0.2) is 52.8 Å². The Balaban J connectivity index is 1.72. The summed E-state index contributed by atoms with van der Waals surface area (Å²) in [5, 5.41) is 13.8. The van der Waals surface area contributed by atoms with Gasteiger partial charge in [-0.3, -0.25) is 20.2 Å². The molecule has 4 heterocycles. The molecule has 5 rings (SSSR count). The average Bonchev–Trinajstić information content (AvgIpc) is 3.11. The quantitative estimate of drug-likeness (QED) is 0.640. The van der Waals surface area contributed by atoms with Crippen LogP contribution < -0.4 is 15.5 Å². The zero-order valence-electron chi connectivity index (χ0n) is 17.1. The molecular formula is C20H20FN5O4S. The molecule has 3 aliphatic rings. The van der Waals surface area contributed by atoms with Crippen molar-refractivity contribution in [2.75, 3.05) is 11.4 Å². The number of barbiturate groups is 1. The van der Waals surface area contributed by atoms with Gasteiger partial charge in [0.05, 0.1) is 23.9 Å². The highest BCUT2D eigenvalue weighted by atomic mass is 32.1. The number of ether oxygens (including phenoxy) is 1. The van der Waals surface area contributed by atoms with Crippen molar-refractivity contribution >= 4 is 34.9 Å². The lowest BCUT2D eigenvalue weighted by molar-refractivity contribution is -0.153. The Labute approximate surface area is 181 Å². The van der Waals surface area contributed by atoms with Crippen molar-refractivity contribution in [2.45, 2.75) is 45.4 Å². The van der Waals surface area contributed by atoms with E-state index in [0.717, 1.165) is 5.01 Å². The van der Waals surface area contributed by atoms with E-state index in [4.69, 9.17) is 4.74 Å². The molecule has 162 valence electrons. The summed E-state index contributed by atoms with van der Waals surface area (Å²) in [6.45, 7) is 5.72. The minimum atomic E-state index is -1.64. The molecule has 1 aromatic carbocycles. The summed E-state index contributed by atoms with van der Waals surface area (Å²) in [6.07, 6.45) is -0.860. The Hall–Kier alpha value is -2.92. The Morgan fingerprint density at radius 2 is 1.90 bits per heavy atom. The summed E-state index contributed by atoms with van der Waals surface area (Å²) in [7, 11) is 0. The zero-order chi connectivity index (χ0) is 22.1. The summed E-state index contributed by atoms with van der Waals surface area (Å²) >= 11 is 1.33. The van der Waals surface area contributed by atoms with Crippen molar-refractivity contribution in [1.82, 2.24) is 20.8 Å². The first kappa shape index (κ1) is 20.0. The first-order chi connectivity index (χ1) is 14.7. The highest BCUT2D eigenvalue weighted by molar-refractivity contribution is 7.14. The van der Waals surface area contributed by atoms with Crippen LogP contribution in [-0.2, 0) is 20.7 Å². The van der Waals surface area contributed by atoms with Gasteiger partial charge in [0, 0.05) is 18.5 Å².